The fourth-order valence-corrected chi connectivity index (χ4v) is 4.00. The van der Waals surface area contributed by atoms with Crippen LogP contribution in [0.4, 0.5) is 0 Å². The van der Waals surface area contributed by atoms with Crippen LogP contribution in [0, 0.1) is 0 Å². The zero-order valence-corrected chi connectivity index (χ0v) is 16.9. The van der Waals surface area contributed by atoms with Gasteiger partial charge in [0.25, 0.3) is 11.8 Å². The molecule has 3 aromatic carbocycles. The molecule has 5 rings (SSSR count). The number of rotatable bonds is 3. The van der Waals surface area contributed by atoms with Gasteiger partial charge in [-0.2, -0.15) is 0 Å². The predicted molar refractivity (Wildman–Crippen MR) is 117 cm³/mol. The van der Waals surface area contributed by atoms with E-state index in [1.165, 1.54) is 0 Å². The number of ether oxygens (including phenoxy) is 1. The third kappa shape index (κ3) is 2.82. The van der Waals surface area contributed by atoms with E-state index in [0.29, 0.717) is 11.3 Å². The molecule has 0 saturated heterocycles. The highest BCUT2D eigenvalue weighted by molar-refractivity contribution is 6.53. The zero-order valence-electron chi connectivity index (χ0n) is 16.9. The lowest BCUT2D eigenvalue weighted by Gasteiger charge is -2.20. The van der Waals surface area contributed by atoms with Gasteiger partial charge in [0.2, 0.25) is 0 Å². The van der Waals surface area contributed by atoms with E-state index < -0.39 is 17.4 Å². The lowest BCUT2D eigenvalue weighted by molar-refractivity contribution is -0.122. The Morgan fingerprint density at radius 1 is 0.933 bits per heavy atom. The molecule has 0 fully saturated rings. The quantitative estimate of drug-likeness (QED) is 0.656. The van der Waals surface area contributed by atoms with Gasteiger partial charge >= 0.3 is 0 Å². The van der Waals surface area contributed by atoms with Gasteiger partial charge in [-0.1, -0.05) is 36.4 Å². The second-order valence-electron chi connectivity index (χ2n) is 8.47. The summed E-state index contributed by atoms with van der Waals surface area (Å²) in [7, 11) is 0. The Labute approximate surface area is 174 Å². The lowest BCUT2D eigenvalue weighted by Crippen LogP contribution is -2.42. The van der Waals surface area contributed by atoms with Crippen molar-refractivity contribution in [3.05, 3.63) is 77.4 Å². The van der Waals surface area contributed by atoms with Crippen molar-refractivity contribution < 1.29 is 14.3 Å². The number of hydrogen-bond donors (Lipinski definition) is 1. The number of aliphatic imine (C=N–C) groups is 1. The van der Waals surface area contributed by atoms with Crippen LogP contribution in [0.1, 0.15) is 31.9 Å². The molecule has 0 radical (unpaired) electrons. The highest BCUT2D eigenvalue weighted by atomic mass is 16.5. The molecular formula is C25H20N2O3. The van der Waals surface area contributed by atoms with E-state index in [-0.39, 0.29) is 5.57 Å². The van der Waals surface area contributed by atoms with Crippen LogP contribution >= 0.6 is 0 Å². The average Bonchev–Trinajstić information content (AvgIpc) is 3.18. The zero-order chi connectivity index (χ0) is 21.0. The smallest absolute Gasteiger partial charge is 0.283 e. The second kappa shape index (κ2) is 6.39. The largest absolute Gasteiger partial charge is 0.457 e. The fourth-order valence-electron chi connectivity index (χ4n) is 4.00. The number of nitrogens with one attached hydrogen (secondary N) is 1. The molecule has 0 bridgehead atoms. The summed E-state index contributed by atoms with van der Waals surface area (Å²) in [6.07, 6.45) is 0. The first-order valence-electron chi connectivity index (χ1n) is 9.83. The maximum absolute atomic E-state index is 12.9. The standard InChI is InChI=1S/C25H20N2O3/c1-25(2,3)27-24(29)21-20-16-12-13-18(30-14-8-5-4-6-9-14)15-10-7-11-17(19(15)16)22(20)26-23(21)28/h4-13H,1-3H3,(H,27,29). The molecule has 5 heteroatoms. The van der Waals surface area contributed by atoms with Crippen molar-refractivity contribution in [3.63, 3.8) is 0 Å². The van der Waals surface area contributed by atoms with Crippen LogP contribution in [0.25, 0.3) is 16.3 Å². The van der Waals surface area contributed by atoms with Gasteiger partial charge in [0, 0.05) is 27.4 Å². The van der Waals surface area contributed by atoms with Crippen LogP contribution in [-0.2, 0) is 9.59 Å². The van der Waals surface area contributed by atoms with Crippen LogP contribution in [0.15, 0.2) is 71.2 Å². The molecule has 1 heterocycles. The van der Waals surface area contributed by atoms with Crippen LogP contribution in [-0.4, -0.2) is 23.1 Å². The van der Waals surface area contributed by atoms with Gasteiger partial charge < -0.3 is 10.1 Å². The lowest BCUT2D eigenvalue weighted by atomic mass is 9.99. The van der Waals surface area contributed by atoms with Crippen LogP contribution < -0.4 is 10.1 Å². The van der Waals surface area contributed by atoms with E-state index in [1.807, 2.05) is 81.4 Å². The summed E-state index contributed by atoms with van der Waals surface area (Å²) >= 11 is 0. The molecule has 5 nitrogen and oxygen atoms in total. The number of amides is 2. The first kappa shape index (κ1) is 18.3. The minimum absolute atomic E-state index is 0.106. The number of para-hydroxylation sites is 1. The summed E-state index contributed by atoms with van der Waals surface area (Å²) in [4.78, 5) is 29.8. The van der Waals surface area contributed by atoms with Crippen molar-refractivity contribution in [1.82, 2.24) is 5.32 Å². The molecule has 0 unspecified atom stereocenters. The first-order valence-corrected chi connectivity index (χ1v) is 9.83. The minimum Gasteiger partial charge on any atom is -0.457 e. The molecule has 0 saturated carbocycles. The molecule has 0 aromatic heterocycles. The minimum atomic E-state index is -0.492. The Morgan fingerprint density at radius 2 is 1.70 bits per heavy atom. The van der Waals surface area contributed by atoms with E-state index in [2.05, 4.69) is 10.3 Å². The van der Waals surface area contributed by atoms with E-state index in [1.54, 1.807) is 0 Å². The molecule has 0 spiro atoms. The highest BCUT2D eigenvalue weighted by Gasteiger charge is 2.39. The number of allylic oxidation sites excluding steroid dienone is 1. The Kier molecular flexibility index (Phi) is 3.90. The van der Waals surface area contributed by atoms with Crippen LogP contribution in [0.3, 0.4) is 0 Å². The fraction of sp³-hybridized carbons (Fsp3) is 0.160. The second-order valence-corrected chi connectivity index (χ2v) is 8.47. The van der Waals surface area contributed by atoms with Crippen molar-refractivity contribution >= 4 is 33.9 Å². The van der Waals surface area contributed by atoms with Crippen LogP contribution in [0.2, 0.25) is 0 Å². The molecule has 1 N–H and O–H groups in total. The van der Waals surface area contributed by atoms with Gasteiger partial charge in [0.1, 0.15) is 17.1 Å². The number of fused-ring (bicyclic) bond motifs is 3. The van der Waals surface area contributed by atoms with Gasteiger partial charge in [-0.05, 0) is 50.6 Å². The SMILES string of the molecule is CC(C)(C)NC(=O)C1=C2C(=NC1=O)c1cccc3c(Oc4ccccc4)ccc2c13. The normalized spacial score (nSPS) is 14.8. The number of carbonyl (C=O) groups excluding carboxylic acids is 2. The maximum atomic E-state index is 12.9. The van der Waals surface area contributed by atoms with Crippen molar-refractivity contribution in [2.75, 3.05) is 0 Å². The molecule has 1 aliphatic carbocycles. The van der Waals surface area contributed by atoms with E-state index in [0.717, 1.165) is 33.4 Å². The monoisotopic (exact) mass is 396 g/mol. The van der Waals surface area contributed by atoms with Crippen molar-refractivity contribution in [1.29, 1.82) is 0 Å². The third-order valence-corrected chi connectivity index (χ3v) is 5.13. The summed E-state index contributed by atoms with van der Waals surface area (Å²) in [6.45, 7) is 5.65. The molecule has 2 aliphatic rings. The Balaban J connectivity index is 1.68. The number of benzene rings is 3. The van der Waals surface area contributed by atoms with Gasteiger partial charge in [-0.3, -0.25) is 9.59 Å². The Bertz CT molecular complexity index is 1300. The average molecular weight is 396 g/mol. The number of hydrogen-bond acceptors (Lipinski definition) is 3. The Morgan fingerprint density at radius 3 is 2.43 bits per heavy atom. The van der Waals surface area contributed by atoms with E-state index >= 15 is 0 Å². The van der Waals surface area contributed by atoms with Crippen molar-refractivity contribution in [2.45, 2.75) is 26.3 Å². The summed E-state index contributed by atoms with van der Waals surface area (Å²) in [5.41, 5.74) is 2.51. The van der Waals surface area contributed by atoms with Gasteiger partial charge in [0.15, 0.2) is 0 Å². The molecule has 148 valence electrons. The number of nitrogens with zero attached hydrogens (tertiary/aromatic N) is 1. The summed E-state index contributed by atoms with van der Waals surface area (Å²) in [5.74, 6) is 0.573. The van der Waals surface area contributed by atoms with Gasteiger partial charge in [0.05, 0.1) is 5.71 Å². The van der Waals surface area contributed by atoms with E-state index in [9.17, 15) is 9.59 Å². The van der Waals surface area contributed by atoms with Crippen LogP contribution in [0.5, 0.6) is 11.5 Å². The summed E-state index contributed by atoms with van der Waals surface area (Å²) in [5, 5.41) is 4.76. The predicted octanol–water partition coefficient (Wildman–Crippen LogP) is 4.64. The topological polar surface area (TPSA) is 67.8 Å². The summed E-state index contributed by atoms with van der Waals surface area (Å²) in [6, 6.07) is 19.2. The molecule has 30 heavy (non-hydrogen) atoms. The third-order valence-electron chi connectivity index (χ3n) is 5.13. The maximum Gasteiger partial charge on any atom is 0.283 e. The molecular weight excluding hydrogens is 376 g/mol. The highest BCUT2D eigenvalue weighted by Crippen LogP contribution is 2.46. The van der Waals surface area contributed by atoms with Gasteiger partial charge in [-0.25, -0.2) is 4.99 Å². The molecule has 2 amide bonds. The molecule has 3 aromatic rings. The Hall–Kier alpha value is -3.73. The molecule has 0 atom stereocenters. The molecule has 1 aliphatic heterocycles. The summed E-state index contributed by atoms with van der Waals surface area (Å²) < 4.78 is 6.11. The van der Waals surface area contributed by atoms with E-state index in [4.69, 9.17) is 4.74 Å². The van der Waals surface area contributed by atoms with Crippen molar-refractivity contribution in [2.24, 2.45) is 4.99 Å². The number of carbonyl (C=O) groups is 2. The first-order chi connectivity index (χ1) is 14.3. The van der Waals surface area contributed by atoms with Crippen molar-refractivity contribution in [3.8, 4) is 11.5 Å². The van der Waals surface area contributed by atoms with Gasteiger partial charge in [-0.15, -0.1) is 0 Å².